The predicted molar refractivity (Wildman–Crippen MR) is 61.6 cm³/mol. The number of hydrogen-bond acceptors (Lipinski definition) is 2. The second-order valence-corrected chi connectivity index (χ2v) is 9.17. The van der Waals surface area contributed by atoms with Crippen molar-refractivity contribution in [3.8, 4) is 0 Å². The fourth-order valence-electron chi connectivity index (χ4n) is 1.62. The highest BCUT2D eigenvalue weighted by Crippen LogP contribution is 2.29. The Morgan fingerprint density at radius 3 is 2.21 bits per heavy atom. The van der Waals surface area contributed by atoms with E-state index in [0.717, 1.165) is 5.95 Å². The predicted octanol–water partition coefficient (Wildman–Crippen LogP) is 3.66. The van der Waals surface area contributed by atoms with Gasteiger partial charge >= 0.3 is 0 Å². The van der Waals surface area contributed by atoms with E-state index in [9.17, 15) is 0 Å². The Kier molecular flexibility index (Phi) is 4.05. The van der Waals surface area contributed by atoms with Crippen molar-refractivity contribution >= 4 is 8.32 Å². The van der Waals surface area contributed by atoms with Gasteiger partial charge in [0.1, 0.15) is 0 Å². The second-order valence-electron chi connectivity index (χ2n) is 4.75. The fourth-order valence-corrected chi connectivity index (χ4v) is 2.38. The average molecular weight is 214 g/mol. The molecule has 0 radical (unpaired) electrons. The first-order chi connectivity index (χ1) is 6.53. The van der Waals surface area contributed by atoms with E-state index in [1.165, 1.54) is 31.3 Å². The van der Waals surface area contributed by atoms with E-state index in [0.29, 0.717) is 6.61 Å². The molecular weight excluding hydrogens is 192 g/mol. The third-order valence-corrected chi connectivity index (χ3v) is 2.97. The van der Waals surface area contributed by atoms with Gasteiger partial charge in [0.2, 0.25) is 8.32 Å². The Morgan fingerprint density at radius 2 is 1.79 bits per heavy atom. The Labute approximate surface area is 88.4 Å². The minimum atomic E-state index is -1.51. The Morgan fingerprint density at radius 1 is 1.21 bits per heavy atom. The van der Waals surface area contributed by atoms with Crippen molar-refractivity contribution in [1.82, 2.24) is 0 Å². The summed E-state index contributed by atoms with van der Waals surface area (Å²) in [6.07, 6.45) is 4.92. The summed E-state index contributed by atoms with van der Waals surface area (Å²) in [5, 5.41) is 0. The van der Waals surface area contributed by atoms with Gasteiger partial charge in [-0.3, -0.25) is 0 Å². The Hall–Kier alpha value is -0.443. The SMILES string of the molecule is CCOC(O[Si](C)(C)C)=C1CCCC1. The standard InChI is InChI=1S/C11H22O2Si/c1-5-12-11(13-14(2,3)4)10-8-6-7-9-10/h5-9H2,1-4H3. The summed E-state index contributed by atoms with van der Waals surface area (Å²) < 4.78 is 11.6. The van der Waals surface area contributed by atoms with E-state index in [1.807, 2.05) is 6.92 Å². The van der Waals surface area contributed by atoms with Crippen molar-refractivity contribution < 1.29 is 9.16 Å². The van der Waals surface area contributed by atoms with Gasteiger partial charge in [-0.15, -0.1) is 0 Å². The number of allylic oxidation sites excluding steroid dienone is 1. The van der Waals surface area contributed by atoms with Crippen molar-refractivity contribution in [1.29, 1.82) is 0 Å². The van der Waals surface area contributed by atoms with Crippen molar-refractivity contribution in [3.63, 3.8) is 0 Å². The van der Waals surface area contributed by atoms with Crippen LogP contribution in [-0.2, 0) is 9.16 Å². The van der Waals surface area contributed by atoms with Gasteiger partial charge in [-0.25, -0.2) is 0 Å². The van der Waals surface area contributed by atoms with Gasteiger partial charge in [0.05, 0.1) is 6.61 Å². The molecule has 0 saturated heterocycles. The molecule has 0 aromatic carbocycles. The summed E-state index contributed by atoms with van der Waals surface area (Å²) in [7, 11) is -1.51. The topological polar surface area (TPSA) is 18.5 Å². The van der Waals surface area contributed by atoms with Gasteiger partial charge in [-0.2, -0.15) is 0 Å². The molecule has 1 fully saturated rings. The normalized spacial score (nSPS) is 17.0. The zero-order valence-electron chi connectivity index (χ0n) is 9.85. The van der Waals surface area contributed by atoms with Gasteiger partial charge in [0, 0.05) is 5.57 Å². The van der Waals surface area contributed by atoms with Crippen molar-refractivity contribution in [2.24, 2.45) is 0 Å². The fraction of sp³-hybridized carbons (Fsp3) is 0.818. The van der Waals surface area contributed by atoms with Gasteiger partial charge < -0.3 is 9.16 Å². The molecule has 3 heteroatoms. The molecule has 2 nitrogen and oxygen atoms in total. The van der Waals surface area contributed by atoms with Crippen molar-refractivity contribution in [3.05, 3.63) is 11.5 Å². The molecule has 0 N–H and O–H groups in total. The molecule has 82 valence electrons. The molecule has 0 spiro atoms. The van der Waals surface area contributed by atoms with E-state index < -0.39 is 8.32 Å². The van der Waals surface area contributed by atoms with Crippen LogP contribution in [0.3, 0.4) is 0 Å². The summed E-state index contributed by atoms with van der Waals surface area (Å²) in [6, 6.07) is 0. The first kappa shape index (κ1) is 11.6. The van der Waals surface area contributed by atoms with Crippen LogP contribution in [-0.4, -0.2) is 14.9 Å². The molecular formula is C11H22O2Si. The maximum atomic E-state index is 5.96. The molecule has 0 bridgehead atoms. The van der Waals surface area contributed by atoms with Crippen molar-refractivity contribution in [2.45, 2.75) is 52.2 Å². The second kappa shape index (κ2) is 4.87. The molecule has 14 heavy (non-hydrogen) atoms. The van der Waals surface area contributed by atoms with Crippen LogP contribution in [0.4, 0.5) is 0 Å². The Bertz CT molecular complexity index is 208. The summed E-state index contributed by atoms with van der Waals surface area (Å²) in [5.41, 5.74) is 1.40. The molecule has 0 heterocycles. The molecule has 0 amide bonds. The molecule has 0 aromatic heterocycles. The van der Waals surface area contributed by atoms with Crippen LogP contribution in [0.25, 0.3) is 0 Å². The third-order valence-electron chi connectivity index (χ3n) is 2.17. The highest BCUT2D eigenvalue weighted by atomic mass is 28.4. The number of rotatable bonds is 4. The summed E-state index contributed by atoms with van der Waals surface area (Å²) in [6.45, 7) is 9.32. The monoisotopic (exact) mass is 214 g/mol. The summed E-state index contributed by atoms with van der Waals surface area (Å²) >= 11 is 0. The maximum absolute atomic E-state index is 5.96. The van der Waals surface area contributed by atoms with Gasteiger partial charge in [0.15, 0.2) is 0 Å². The highest BCUT2D eigenvalue weighted by molar-refractivity contribution is 6.70. The highest BCUT2D eigenvalue weighted by Gasteiger charge is 2.22. The molecule has 0 atom stereocenters. The van der Waals surface area contributed by atoms with Crippen LogP contribution in [0.15, 0.2) is 11.5 Å². The lowest BCUT2D eigenvalue weighted by Gasteiger charge is -2.23. The molecule has 0 aromatic rings. The minimum Gasteiger partial charge on any atom is -0.520 e. The lowest BCUT2D eigenvalue weighted by molar-refractivity contribution is 0.107. The maximum Gasteiger partial charge on any atom is 0.264 e. The largest absolute Gasteiger partial charge is 0.520 e. The van der Waals surface area contributed by atoms with Crippen LogP contribution in [0.5, 0.6) is 0 Å². The van der Waals surface area contributed by atoms with E-state index >= 15 is 0 Å². The number of hydrogen-bond donors (Lipinski definition) is 0. The van der Waals surface area contributed by atoms with Crippen LogP contribution in [0.2, 0.25) is 19.6 Å². The lowest BCUT2D eigenvalue weighted by Crippen LogP contribution is -2.26. The molecule has 1 rings (SSSR count). The van der Waals surface area contributed by atoms with Gasteiger partial charge in [0.25, 0.3) is 5.95 Å². The number of ether oxygens (including phenoxy) is 1. The van der Waals surface area contributed by atoms with Crippen molar-refractivity contribution in [2.75, 3.05) is 6.61 Å². The first-order valence-corrected chi connectivity index (χ1v) is 8.97. The zero-order valence-corrected chi connectivity index (χ0v) is 10.9. The molecule has 1 aliphatic carbocycles. The lowest BCUT2D eigenvalue weighted by atomic mass is 10.2. The molecule has 1 aliphatic rings. The molecule has 1 saturated carbocycles. The zero-order chi connectivity index (χ0) is 10.6. The van der Waals surface area contributed by atoms with Crippen LogP contribution in [0.1, 0.15) is 32.6 Å². The van der Waals surface area contributed by atoms with E-state index in [-0.39, 0.29) is 0 Å². The molecule has 0 aliphatic heterocycles. The smallest absolute Gasteiger partial charge is 0.264 e. The summed E-state index contributed by atoms with van der Waals surface area (Å²) in [4.78, 5) is 0. The third kappa shape index (κ3) is 3.74. The minimum absolute atomic E-state index is 0.712. The van der Waals surface area contributed by atoms with E-state index in [4.69, 9.17) is 9.16 Å². The van der Waals surface area contributed by atoms with E-state index in [1.54, 1.807) is 0 Å². The van der Waals surface area contributed by atoms with Gasteiger partial charge in [-0.1, -0.05) is 0 Å². The van der Waals surface area contributed by atoms with Crippen LogP contribution >= 0.6 is 0 Å². The van der Waals surface area contributed by atoms with Crippen LogP contribution < -0.4 is 0 Å². The van der Waals surface area contributed by atoms with E-state index in [2.05, 4.69) is 19.6 Å². The summed E-state index contributed by atoms with van der Waals surface area (Å²) in [5.74, 6) is 0.851. The first-order valence-electron chi connectivity index (χ1n) is 5.57. The quantitative estimate of drug-likeness (QED) is 0.525. The average Bonchev–Trinajstić information content (AvgIpc) is 2.52. The Balaban J connectivity index is 2.67. The van der Waals surface area contributed by atoms with Gasteiger partial charge in [-0.05, 0) is 52.2 Å². The van der Waals surface area contributed by atoms with Crippen LogP contribution in [0, 0.1) is 0 Å². The molecule has 0 unspecified atom stereocenters.